The number of aliphatic carboxylic acids is 1. The van der Waals surface area contributed by atoms with E-state index in [0.29, 0.717) is 12.2 Å². The number of carboxylic acid groups (broad SMARTS) is 1. The molecular weight excluding hydrogens is 322 g/mol. The highest BCUT2D eigenvalue weighted by Gasteiger charge is 2.04. The zero-order valence-corrected chi connectivity index (χ0v) is 14.2. The van der Waals surface area contributed by atoms with Crippen LogP contribution in [0.2, 0.25) is 0 Å². The molecule has 0 fully saturated rings. The van der Waals surface area contributed by atoms with Crippen molar-refractivity contribution in [1.29, 1.82) is 0 Å². The molecule has 2 aromatic carbocycles. The van der Waals surface area contributed by atoms with Gasteiger partial charge in [-0.05, 0) is 36.1 Å². The highest BCUT2D eigenvalue weighted by atomic mass is 32.2. The number of amides is 1. The molecule has 2 rings (SSSR count). The van der Waals surface area contributed by atoms with Crippen molar-refractivity contribution >= 4 is 29.3 Å². The van der Waals surface area contributed by atoms with Crippen molar-refractivity contribution in [3.05, 3.63) is 65.7 Å². The number of anilines is 1. The summed E-state index contributed by atoms with van der Waals surface area (Å²) in [6.07, 6.45) is 2.18. The molecule has 0 saturated carbocycles. The molecule has 126 valence electrons. The number of hydrogen-bond donors (Lipinski definition) is 2. The molecular formula is C19H21NO3S. The number of aryl methyl sites for hydroxylation is 1. The van der Waals surface area contributed by atoms with Gasteiger partial charge in [0.1, 0.15) is 0 Å². The van der Waals surface area contributed by atoms with Crippen LogP contribution in [0.5, 0.6) is 0 Å². The number of carboxylic acids is 1. The van der Waals surface area contributed by atoms with Crippen molar-refractivity contribution in [3.8, 4) is 0 Å². The zero-order chi connectivity index (χ0) is 17.2. The summed E-state index contributed by atoms with van der Waals surface area (Å²) in [5, 5.41) is 11.6. The second-order valence-corrected chi connectivity index (χ2v) is 6.46. The fourth-order valence-electron chi connectivity index (χ4n) is 2.32. The van der Waals surface area contributed by atoms with Gasteiger partial charge in [0.15, 0.2) is 0 Å². The molecule has 0 aromatic heterocycles. The Bertz CT molecular complexity index is 673. The van der Waals surface area contributed by atoms with Gasteiger partial charge in [-0.15, -0.1) is 11.8 Å². The summed E-state index contributed by atoms with van der Waals surface area (Å²) in [5.41, 5.74) is 3.00. The Hall–Kier alpha value is -2.27. The monoisotopic (exact) mass is 343 g/mol. The molecule has 24 heavy (non-hydrogen) atoms. The van der Waals surface area contributed by atoms with Crippen LogP contribution >= 0.6 is 11.8 Å². The van der Waals surface area contributed by atoms with Gasteiger partial charge in [-0.25, -0.2) is 0 Å². The smallest absolute Gasteiger partial charge is 0.313 e. The fraction of sp³-hybridized carbons (Fsp3) is 0.263. The first-order chi connectivity index (χ1) is 11.6. The van der Waals surface area contributed by atoms with Crippen LogP contribution in [0.15, 0.2) is 54.6 Å². The van der Waals surface area contributed by atoms with E-state index in [1.807, 2.05) is 42.5 Å². The molecule has 0 atom stereocenters. The fourth-order valence-corrected chi connectivity index (χ4v) is 3.01. The molecule has 0 saturated heterocycles. The third kappa shape index (κ3) is 6.87. The normalized spacial score (nSPS) is 10.3. The van der Waals surface area contributed by atoms with E-state index in [2.05, 4.69) is 17.4 Å². The van der Waals surface area contributed by atoms with Crippen molar-refractivity contribution in [2.45, 2.75) is 25.0 Å². The molecule has 2 N–H and O–H groups in total. The third-order valence-corrected chi connectivity index (χ3v) is 4.41. The predicted octanol–water partition coefficient (Wildman–Crippen LogP) is 3.97. The van der Waals surface area contributed by atoms with E-state index in [1.165, 1.54) is 17.3 Å². The van der Waals surface area contributed by atoms with Gasteiger partial charge < -0.3 is 10.4 Å². The quantitative estimate of drug-likeness (QED) is 0.723. The Morgan fingerprint density at radius 2 is 1.75 bits per heavy atom. The number of carbonyl (C=O) groups excluding carboxylic acids is 1. The maximum Gasteiger partial charge on any atom is 0.313 e. The summed E-state index contributed by atoms with van der Waals surface area (Å²) < 4.78 is 0. The summed E-state index contributed by atoms with van der Waals surface area (Å²) in [6, 6.07) is 17.7. The number of benzene rings is 2. The minimum absolute atomic E-state index is 0.00118. The zero-order valence-electron chi connectivity index (χ0n) is 13.4. The molecule has 2 aromatic rings. The van der Waals surface area contributed by atoms with Crippen LogP contribution in [0, 0.1) is 0 Å². The predicted molar refractivity (Wildman–Crippen MR) is 98.2 cm³/mol. The van der Waals surface area contributed by atoms with Gasteiger partial charge in [0, 0.05) is 17.9 Å². The van der Waals surface area contributed by atoms with Crippen LogP contribution in [0.25, 0.3) is 0 Å². The molecule has 1 amide bonds. The summed E-state index contributed by atoms with van der Waals surface area (Å²) in [7, 11) is 0. The van der Waals surface area contributed by atoms with Gasteiger partial charge >= 0.3 is 5.97 Å². The molecule has 4 nitrogen and oxygen atoms in total. The van der Waals surface area contributed by atoms with Gasteiger partial charge in [0.25, 0.3) is 0 Å². The highest BCUT2D eigenvalue weighted by Crippen LogP contribution is 2.17. The van der Waals surface area contributed by atoms with E-state index in [-0.39, 0.29) is 11.7 Å². The van der Waals surface area contributed by atoms with Crippen LogP contribution in [0.4, 0.5) is 5.69 Å². The minimum Gasteiger partial charge on any atom is -0.481 e. The van der Waals surface area contributed by atoms with Crippen molar-refractivity contribution in [2.75, 3.05) is 11.1 Å². The largest absolute Gasteiger partial charge is 0.481 e. The molecule has 0 spiro atoms. The van der Waals surface area contributed by atoms with Gasteiger partial charge in [-0.1, -0.05) is 42.5 Å². The first kappa shape index (κ1) is 18.1. The van der Waals surface area contributed by atoms with Crippen LogP contribution in [0.1, 0.15) is 24.0 Å². The lowest BCUT2D eigenvalue weighted by atomic mass is 10.1. The molecule has 0 aliphatic carbocycles. The average Bonchev–Trinajstić information content (AvgIpc) is 2.56. The van der Waals surface area contributed by atoms with E-state index in [9.17, 15) is 9.59 Å². The topological polar surface area (TPSA) is 66.4 Å². The maximum absolute atomic E-state index is 12.0. The van der Waals surface area contributed by atoms with E-state index in [4.69, 9.17) is 5.11 Å². The van der Waals surface area contributed by atoms with Crippen molar-refractivity contribution in [2.24, 2.45) is 0 Å². The van der Waals surface area contributed by atoms with Gasteiger partial charge in [0.05, 0.1) is 5.75 Å². The van der Waals surface area contributed by atoms with Gasteiger partial charge in [-0.2, -0.15) is 0 Å². The third-order valence-electron chi connectivity index (χ3n) is 3.42. The standard InChI is InChI=1S/C19H21NO3S/c21-18(11-5-8-15-6-2-1-3-7-15)20-17-10-4-9-16(12-17)13-24-14-19(22)23/h1-4,6-7,9-10,12H,5,8,11,13-14H2,(H,20,21)(H,22,23). The Morgan fingerprint density at radius 1 is 1.00 bits per heavy atom. The second-order valence-electron chi connectivity index (χ2n) is 5.47. The van der Waals surface area contributed by atoms with Crippen LogP contribution < -0.4 is 5.32 Å². The first-order valence-electron chi connectivity index (χ1n) is 7.86. The lowest BCUT2D eigenvalue weighted by Crippen LogP contribution is -2.11. The molecule has 5 heteroatoms. The van der Waals surface area contributed by atoms with E-state index >= 15 is 0 Å². The molecule has 0 heterocycles. The lowest BCUT2D eigenvalue weighted by molar-refractivity contribution is -0.133. The number of thioether (sulfide) groups is 1. The van der Waals surface area contributed by atoms with E-state index in [0.717, 1.165) is 24.1 Å². The summed E-state index contributed by atoms with van der Waals surface area (Å²) in [5.74, 6) is -0.121. The highest BCUT2D eigenvalue weighted by molar-refractivity contribution is 7.99. The lowest BCUT2D eigenvalue weighted by Gasteiger charge is -2.07. The number of hydrogen-bond acceptors (Lipinski definition) is 3. The molecule has 0 unspecified atom stereocenters. The van der Waals surface area contributed by atoms with E-state index < -0.39 is 5.97 Å². The SMILES string of the molecule is O=C(O)CSCc1cccc(NC(=O)CCCc2ccccc2)c1. The average molecular weight is 343 g/mol. The van der Waals surface area contributed by atoms with Crippen molar-refractivity contribution in [1.82, 2.24) is 0 Å². The number of nitrogens with one attached hydrogen (secondary N) is 1. The molecule has 0 aliphatic heterocycles. The number of carbonyl (C=O) groups is 2. The molecule has 0 bridgehead atoms. The van der Waals surface area contributed by atoms with Crippen LogP contribution in [-0.4, -0.2) is 22.7 Å². The van der Waals surface area contributed by atoms with Crippen LogP contribution in [0.3, 0.4) is 0 Å². The van der Waals surface area contributed by atoms with Crippen molar-refractivity contribution in [3.63, 3.8) is 0 Å². The molecule has 0 radical (unpaired) electrons. The first-order valence-corrected chi connectivity index (χ1v) is 9.01. The van der Waals surface area contributed by atoms with E-state index in [1.54, 1.807) is 0 Å². The summed E-state index contributed by atoms with van der Waals surface area (Å²) >= 11 is 1.34. The Morgan fingerprint density at radius 3 is 2.50 bits per heavy atom. The second kappa shape index (κ2) is 9.78. The summed E-state index contributed by atoms with van der Waals surface area (Å²) in [4.78, 5) is 22.6. The van der Waals surface area contributed by atoms with Gasteiger partial charge in [-0.3, -0.25) is 9.59 Å². The summed E-state index contributed by atoms with van der Waals surface area (Å²) in [6.45, 7) is 0. The Kier molecular flexibility index (Phi) is 7.36. The Labute approximate surface area is 146 Å². The maximum atomic E-state index is 12.0. The van der Waals surface area contributed by atoms with Crippen molar-refractivity contribution < 1.29 is 14.7 Å². The number of rotatable bonds is 9. The minimum atomic E-state index is -0.817. The Balaban J connectivity index is 1.75. The molecule has 0 aliphatic rings. The van der Waals surface area contributed by atoms with Gasteiger partial charge in [0.2, 0.25) is 5.91 Å². The van der Waals surface area contributed by atoms with Crippen LogP contribution in [-0.2, 0) is 21.8 Å².